The topological polar surface area (TPSA) is 71.5 Å². The number of aromatic nitrogens is 1. The molecule has 0 saturated heterocycles. The van der Waals surface area contributed by atoms with E-state index in [1.807, 2.05) is 0 Å². The number of alkyl halides is 3. The van der Waals surface area contributed by atoms with Gasteiger partial charge in [-0.25, -0.2) is 4.98 Å². The summed E-state index contributed by atoms with van der Waals surface area (Å²) in [5, 5.41) is 10.8. The fourth-order valence-electron chi connectivity index (χ4n) is 1.05. The molecule has 1 aromatic heterocycles. The van der Waals surface area contributed by atoms with Crippen molar-refractivity contribution in [2.45, 2.75) is 12.7 Å². The minimum absolute atomic E-state index is 0.0737. The Hall–Kier alpha value is -1.83. The molecule has 0 saturated carbocycles. The molecule has 1 aromatic rings. The average molecular weight is 264 g/mol. The van der Waals surface area contributed by atoms with E-state index in [1.165, 1.54) is 18.3 Å². The van der Waals surface area contributed by atoms with E-state index in [2.05, 4.69) is 15.0 Å². The lowest BCUT2D eigenvalue weighted by Gasteiger charge is -2.09. The Morgan fingerprint density at radius 3 is 2.83 bits per heavy atom. The molecule has 0 aliphatic heterocycles. The van der Waals surface area contributed by atoms with Crippen LogP contribution >= 0.6 is 0 Å². The Kier molecular flexibility index (Phi) is 4.90. The normalized spacial score (nSPS) is 11.1. The van der Waals surface area contributed by atoms with Crippen LogP contribution in [0, 0.1) is 0 Å². The van der Waals surface area contributed by atoms with Gasteiger partial charge in [0.1, 0.15) is 6.61 Å². The van der Waals surface area contributed by atoms with Crippen molar-refractivity contribution >= 4 is 5.91 Å². The number of carbonyl (C=O) groups excluding carboxylic acids is 1. The molecule has 0 radical (unpaired) electrons. The Morgan fingerprint density at radius 2 is 2.22 bits per heavy atom. The largest absolute Gasteiger partial charge is 0.468 e. The summed E-state index contributed by atoms with van der Waals surface area (Å²) in [6.07, 6.45) is -3.16. The van der Waals surface area contributed by atoms with Gasteiger partial charge in [-0.3, -0.25) is 4.79 Å². The fourth-order valence-corrected chi connectivity index (χ4v) is 1.05. The van der Waals surface area contributed by atoms with Crippen LogP contribution in [-0.4, -0.2) is 35.4 Å². The third-order valence-corrected chi connectivity index (χ3v) is 1.82. The fraction of sp³-hybridized carbons (Fsp3) is 0.400. The number of ether oxygens (including phenoxy) is 1. The van der Waals surface area contributed by atoms with Crippen LogP contribution < -0.4 is 10.1 Å². The summed E-state index contributed by atoms with van der Waals surface area (Å²) in [6, 6.07) is 2.79. The summed E-state index contributed by atoms with van der Waals surface area (Å²) in [5.74, 6) is -0.757. The second-order valence-electron chi connectivity index (χ2n) is 3.34. The highest BCUT2D eigenvalue weighted by atomic mass is 19.4. The second kappa shape index (κ2) is 6.20. The molecule has 18 heavy (non-hydrogen) atoms. The van der Waals surface area contributed by atoms with Crippen molar-refractivity contribution in [2.75, 3.05) is 13.2 Å². The first-order valence-corrected chi connectivity index (χ1v) is 4.93. The van der Waals surface area contributed by atoms with Crippen LogP contribution in [0.15, 0.2) is 18.3 Å². The van der Waals surface area contributed by atoms with Gasteiger partial charge in [0.25, 0.3) is 0 Å². The Labute approximate surface area is 101 Å². The number of aliphatic hydroxyl groups is 1. The molecule has 100 valence electrons. The maximum atomic E-state index is 11.9. The lowest BCUT2D eigenvalue weighted by molar-refractivity contribution is -0.154. The zero-order valence-corrected chi connectivity index (χ0v) is 9.20. The van der Waals surface area contributed by atoms with Gasteiger partial charge in [0, 0.05) is 18.8 Å². The number of carbonyl (C=O) groups is 1. The first-order chi connectivity index (χ1) is 8.40. The van der Waals surface area contributed by atoms with Crippen molar-refractivity contribution in [1.29, 1.82) is 0 Å². The molecule has 0 aliphatic rings. The van der Waals surface area contributed by atoms with E-state index in [0.717, 1.165) is 0 Å². The number of hydrogen-bond donors (Lipinski definition) is 2. The van der Waals surface area contributed by atoms with Gasteiger partial charge in [-0.15, -0.1) is 0 Å². The van der Waals surface area contributed by atoms with Crippen molar-refractivity contribution in [1.82, 2.24) is 10.3 Å². The molecule has 8 heteroatoms. The Bertz CT molecular complexity index is 410. The summed E-state index contributed by atoms with van der Waals surface area (Å²) in [5.41, 5.74) is 0.518. The summed E-state index contributed by atoms with van der Waals surface area (Å²) in [6.45, 7) is -2.00. The SMILES string of the molecule is O=C(CO)NCc1ccnc(OCC(F)(F)F)c1. The third kappa shape index (κ3) is 5.48. The summed E-state index contributed by atoms with van der Waals surface area (Å²) >= 11 is 0. The van der Waals surface area contributed by atoms with Gasteiger partial charge in [-0.1, -0.05) is 0 Å². The lowest BCUT2D eigenvalue weighted by atomic mass is 10.2. The summed E-state index contributed by atoms with van der Waals surface area (Å²) in [7, 11) is 0. The molecule has 1 amide bonds. The minimum atomic E-state index is -4.43. The van der Waals surface area contributed by atoms with E-state index in [9.17, 15) is 18.0 Å². The molecule has 0 aliphatic carbocycles. The van der Waals surface area contributed by atoms with Crippen LogP contribution in [0.25, 0.3) is 0 Å². The maximum Gasteiger partial charge on any atom is 0.422 e. The van der Waals surface area contributed by atoms with E-state index >= 15 is 0 Å². The average Bonchev–Trinajstić information content (AvgIpc) is 2.33. The van der Waals surface area contributed by atoms with Gasteiger partial charge in [0.2, 0.25) is 11.8 Å². The first-order valence-electron chi connectivity index (χ1n) is 4.93. The number of nitrogens with zero attached hydrogens (tertiary/aromatic N) is 1. The molecular weight excluding hydrogens is 253 g/mol. The smallest absolute Gasteiger partial charge is 0.422 e. The molecular formula is C10H11F3N2O3. The van der Waals surface area contributed by atoms with Gasteiger partial charge >= 0.3 is 6.18 Å². The van der Waals surface area contributed by atoms with Gasteiger partial charge in [0.05, 0.1) is 0 Å². The van der Waals surface area contributed by atoms with Crippen LogP contribution in [0.2, 0.25) is 0 Å². The van der Waals surface area contributed by atoms with E-state index in [-0.39, 0.29) is 12.4 Å². The molecule has 1 heterocycles. The maximum absolute atomic E-state index is 11.9. The van der Waals surface area contributed by atoms with Crippen LogP contribution in [-0.2, 0) is 11.3 Å². The molecule has 5 nitrogen and oxygen atoms in total. The van der Waals surface area contributed by atoms with E-state index in [1.54, 1.807) is 0 Å². The second-order valence-corrected chi connectivity index (χ2v) is 3.34. The quantitative estimate of drug-likeness (QED) is 0.818. The van der Waals surface area contributed by atoms with E-state index < -0.39 is 25.3 Å². The Balaban J connectivity index is 2.54. The standard InChI is InChI=1S/C10H11F3N2O3/c11-10(12,13)6-18-9-3-7(1-2-14-9)4-15-8(17)5-16/h1-3,16H,4-6H2,(H,15,17). The molecule has 0 bridgehead atoms. The highest BCUT2D eigenvalue weighted by molar-refractivity contribution is 5.76. The van der Waals surface area contributed by atoms with Crippen LogP contribution in [0.1, 0.15) is 5.56 Å². The molecule has 1 rings (SSSR count). The summed E-state index contributed by atoms with van der Waals surface area (Å²) < 4.78 is 40.2. The first kappa shape index (κ1) is 14.2. The number of pyridine rings is 1. The van der Waals surface area contributed by atoms with Gasteiger partial charge in [-0.2, -0.15) is 13.2 Å². The minimum Gasteiger partial charge on any atom is -0.468 e. The van der Waals surface area contributed by atoms with E-state index in [4.69, 9.17) is 5.11 Å². The molecule has 2 N–H and O–H groups in total. The van der Waals surface area contributed by atoms with Gasteiger partial charge < -0.3 is 15.2 Å². The number of amides is 1. The molecule has 0 spiro atoms. The van der Waals surface area contributed by atoms with Crippen molar-refractivity contribution in [2.24, 2.45) is 0 Å². The molecule has 0 fully saturated rings. The number of halogens is 3. The zero-order valence-electron chi connectivity index (χ0n) is 9.20. The van der Waals surface area contributed by atoms with Crippen LogP contribution in [0.3, 0.4) is 0 Å². The zero-order chi connectivity index (χ0) is 13.6. The predicted octanol–water partition coefficient (Wildman–Crippen LogP) is 0.631. The third-order valence-electron chi connectivity index (χ3n) is 1.82. The van der Waals surface area contributed by atoms with Crippen LogP contribution in [0.5, 0.6) is 5.88 Å². The van der Waals surface area contributed by atoms with E-state index in [0.29, 0.717) is 5.56 Å². The van der Waals surface area contributed by atoms with Gasteiger partial charge in [0.15, 0.2) is 6.61 Å². The monoisotopic (exact) mass is 264 g/mol. The van der Waals surface area contributed by atoms with Crippen LogP contribution in [0.4, 0.5) is 13.2 Å². The molecule has 0 atom stereocenters. The highest BCUT2D eigenvalue weighted by Gasteiger charge is 2.28. The highest BCUT2D eigenvalue weighted by Crippen LogP contribution is 2.17. The molecule has 0 aromatic carbocycles. The number of hydrogen-bond acceptors (Lipinski definition) is 4. The van der Waals surface area contributed by atoms with Crippen molar-refractivity contribution in [3.63, 3.8) is 0 Å². The number of rotatable bonds is 5. The van der Waals surface area contributed by atoms with Crippen molar-refractivity contribution < 1.29 is 27.8 Å². The lowest BCUT2D eigenvalue weighted by Crippen LogP contribution is -2.25. The van der Waals surface area contributed by atoms with Crippen molar-refractivity contribution in [3.8, 4) is 5.88 Å². The number of aliphatic hydroxyl groups excluding tert-OH is 1. The predicted molar refractivity (Wildman–Crippen MR) is 54.7 cm³/mol. The Morgan fingerprint density at radius 1 is 1.50 bits per heavy atom. The van der Waals surface area contributed by atoms with Gasteiger partial charge in [-0.05, 0) is 11.6 Å². The number of nitrogens with one attached hydrogen (secondary N) is 1. The molecule has 0 unspecified atom stereocenters. The summed E-state index contributed by atoms with van der Waals surface area (Å²) in [4.78, 5) is 14.4. The van der Waals surface area contributed by atoms with Crippen molar-refractivity contribution in [3.05, 3.63) is 23.9 Å².